The Kier molecular flexibility index (Phi) is 5.56. The van der Waals surface area contributed by atoms with Crippen LogP contribution in [0.15, 0.2) is 54.1 Å². The molecular formula is C26H28N2O5. The monoisotopic (exact) mass is 448 g/mol. The van der Waals surface area contributed by atoms with Crippen molar-refractivity contribution in [2.45, 2.75) is 44.9 Å². The highest BCUT2D eigenvalue weighted by molar-refractivity contribution is 6.11. The molecule has 2 aliphatic heterocycles. The standard InChI is InChI=1S/C26H28N2O5/c1-15-6-8-19-18(11-15)24(29)22-23(17-7-9-20(31-2)21(12-17)32-3)28(26(30)25(22)33-19)14-16-5-4-10-27-13-16/h4-5,7,9-10,12-13,15,18-19,23H,6,8,11,14H2,1-3H3. The van der Waals surface area contributed by atoms with Gasteiger partial charge in [0.05, 0.1) is 31.8 Å². The number of pyridine rings is 1. The number of carbonyl (C=O) groups is 2. The highest BCUT2D eigenvalue weighted by Crippen LogP contribution is 2.48. The highest BCUT2D eigenvalue weighted by Gasteiger charge is 2.52. The summed E-state index contributed by atoms with van der Waals surface area (Å²) in [4.78, 5) is 33.3. The number of hydrogen-bond donors (Lipinski definition) is 0. The van der Waals surface area contributed by atoms with E-state index in [1.807, 2.05) is 24.3 Å². The molecule has 3 heterocycles. The molecule has 1 saturated carbocycles. The van der Waals surface area contributed by atoms with Crippen molar-refractivity contribution in [3.63, 3.8) is 0 Å². The minimum absolute atomic E-state index is 0.0367. The SMILES string of the molecule is COc1ccc(C2C3=C(OC4CCC(C)CC4C3=O)C(=O)N2Cc2cccnc2)cc1OC. The Morgan fingerprint density at radius 2 is 1.94 bits per heavy atom. The Labute approximate surface area is 193 Å². The van der Waals surface area contributed by atoms with Crippen LogP contribution in [0.5, 0.6) is 11.5 Å². The molecule has 0 N–H and O–H groups in total. The predicted molar refractivity (Wildman–Crippen MR) is 120 cm³/mol. The second-order valence-corrected chi connectivity index (χ2v) is 9.10. The van der Waals surface area contributed by atoms with Gasteiger partial charge in [0.25, 0.3) is 5.91 Å². The van der Waals surface area contributed by atoms with Crippen molar-refractivity contribution in [2.75, 3.05) is 14.2 Å². The maximum Gasteiger partial charge on any atom is 0.290 e. The molecule has 0 saturated heterocycles. The first-order valence-corrected chi connectivity index (χ1v) is 11.4. The van der Waals surface area contributed by atoms with Crippen molar-refractivity contribution < 1.29 is 23.8 Å². The molecule has 1 aliphatic carbocycles. The summed E-state index contributed by atoms with van der Waals surface area (Å²) in [6, 6.07) is 8.73. The number of ether oxygens (including phenoxy) is 3. The molecule has 1 aromatic carbocycles. The van der Waals surface area contributed by atoms with E-state index in [4.69, 9.17) is 14.2 Å². The van der Waals surface area contributed by atoms with Crippen molar-refractivity contribution in [2.24, 2.45) is 11.8 Å². The van der Waals surface area contributed by atoms with Gasteiger partial charge in [-0.1, -0.05) is 19.1 Å². The fourth-order valence-electron chi connectivity index (χ4n) is 5.35. The van der Waals surface area contributed by atoms with Crippen molar-refractivity contribution in [3.05, 3.63) is 65.2 Å². The molecule has 3 aliphatic rings. The summed E-state index contributed by atoms with van der Waals surface area (Å²) in [5.74, 6) is 1.38. The number of Topliss-reactive ketones (excluding diaryl/α,β-unsaturated/α-hetero) is 1. The van der Waals surface area contributed by atoms with Gasteiger partial charge in [-0.05, 0) is 54.5 Å². The zero-order valence-electron chi connectivity index (χ0n) is 19.1. The Bertz CT molecular complexity index is 1110. The number of aromatic nitrogens is 1. The van der Waals surface area contributed by atoms with E-state index in [9.17, 15) is 9.59 Å². The number of fused-ring (bicyclic) bond motifs is 1. The number of amides is 1. The van der Waals surface area contributed by atoms with Crippen molar-refractivity contribution in [3.8, 4) is 11.5 Å². The number of carbonyl (C=O) groups excluding carboxylic acids is 2. The number of hydrogen-bond acceptors (Lipinski definition) is 6. The Hall–Kier alpha value is -3.35. The molecule has 4 atom stereocenters. The summed E-state index contributed by atoms with van der Waals surface area (Å²) in [5.41, 5.74) is 2.13. The lowest BCUT2D eigenvalue weighted by Gasteiger charge is -2.37. The van der Waals surface area contributed by atoms with E-state index >= 15 is 0 Å². The van der Waals surface area contributed by atoms with Crippen LogP contribution in [0.2, 0.25) is 0 Å². The first-order valence-electron chi connectivity index (χ1n) is 11.4. The van der Waals surface area contributed by atoms with E-state index in [2.05, 4.69) is 11.9 Å². The van der Waals surface area contributed by atoms with Crippen LogP contribution in [-0.2, 0) is 20.9 Å². The van der Waals surface area contributed by atoms with Crippen LogP contribution < -0.4 is 9.47 Å². The molecular weight excluding hydrogens is 420 g/mol. The molecule has 1 amide bonds. The van der Waals surface area contributed by atoms with Gasteiger partial charge in [-0.2, -0.15) is 0 Å². The Balaban J connectivity index is 1.60. The van der Waals surface area contributed by atoms with Gasteiger partial charge in [-0.3, -0.25) is 14.6 Å². The van der Waals surface area contributed by atoms with Gasteiger partial charge in [0.15, 0.2) is 23.0 Å². The first kappa shape index (κ1) is 21.5. The number of methoxy groups -OCH3 is 2. The topological polar surface area (TPSA) is 78.0 Å². The Morgan fingerprint density at radius 3 is 2.67 bits per heavy atom. The molecule has 33 heavy (non-hydrogen) atoms. The van der Waals surface area contributed by atoms with Gasteiger partial charge in [0.1, 0.15) is 6.10 Å². The van der Waals surface area contributed by atoms with Crippen LogP contribution in [0, 0.1) is 11.8 Å². The van der Waals surface area contributed by atoms with E-state index in [1.54, 1.807) is 37.6 Å². The van der Waals surface area contributed by atoms with Gasteiger partial charge < -0.3 is 19.1 Å². The Morgan fingerprint density at radius 1 is 1.12 bits per heavy atom. The molecule has 0 bridgehead atoms. The quantitative estimate of drug-likeness (QED) is 0.692. The largest absolute Gasteiger partial charge is 0.493 e. The number of ketones is 1. The van der Waals surface area contributed by atoms with Crippen LogP contribution in [0.25, 0.3) is 0 Å². The third-order valence-corrected chi connectivity index (χ3v) is 7.00. The van der Waals surface area contributed by atoms with Crippen LogP contribution in [0.1, 0.15) is 43.4 Å². The molecule has 2 aromatic rings. The zero-order chi connectivity index (χ0) is 23.1. The van der Waals surface area contributed by atoms with Gasteiger partial charge in [-0.25, -0.2) is 0 Å². The molecule has 0 radical (unpaired) electrons. The van der Waals surface area contributed by atoms with Crippen LogP contribution >= 0.6 is 0 Å². The summed E-state index contributed by atoms with van der Waals surface area (Å²) in [6.07, 6.45) is 5.80. The average Bonchev–Trinajstić information content (AvgIpc) is 3.11. The van der Waals surface area contributed by atoms with Crippen molar-refractivity contribution in [1.29, 1.82) is 0 Å². The van der Waals surface area contributed by atoms with E-state index in [-0.39, 0.29) is 29.5 Å². The maximum atomic E-state index is 13.8. The lowest BCUT2D eigenvalue weighted by Crippen LogP contribution is -2.41. The average molecular weight is 449 g/mol. The van der Waals surface area contributed by atoms with Gasteiger partial charge in [-0.15, -0.1) is 0 Å². The molecule has 7 nitrogen and oxygen atoms in total. The maximum absolute atomic E-state index is 13.8. The summed E-state index contributed by atoms with van der Waals surface area (Å²) in [5, 5.41) is 0. The fourth-order valence-corrected chi connectivity index (χ4v) is 5.35. The second-order valence-electron chi connectivity index (χ2n) is 9.10. The van der Waals surface area contributed by atoms with Crippen molar-refractivity contribution in [1.82, 2.24) is 9.88 Å². The van der Waals surface area contributed by atoms with E-state index in [0.29, 0.717) is 29.5 Å². The second kappa shape index (κ2) is 8.54. The lowest BCUT2D eigenvalue weighted by atomic mass is 9.74. The minimum atomic E-state index is -0.557. The molecule has 7 heteroatoms. The molecule has 1 fully saturated rings. The van der Waals surface area contributed by atoms with Gasteiger partial charge in [0, 0.05) is 18.9 Å². The summed E-state index contributed by atoms with van der Waals surface area (Å²) in [7, 11) is 3.15. The molecule has 5 rings (SSSR count). The zero-order valence-corrected chi connectivity index (χ0v) is 19.1. The molecule has 4 unspecified atom stereocenters. The van der Waals surface area contributed by atoms with Gasteiger partial charge in [0.2, 0.25) is 0 Å². The van der Waals surface area contributed by atoms with E-state index in [1.165, 1.54) is 0 Å². The summed E-state index contributed by atoms with van der Waals surface area (Å²) < 4.78 is 17.2. The van der Waals surface area contributed by atoms with Crippen LogP contribution in [0.4, 0.5) is 0 Å². The summed E-state index contributed by atoms with van der Waals surface area (Å²) >= 11 is 0. The first-order chi connectivity index (χ1) is 16.0. The number of benzene rings is 1. The predicted octanol–water partition coefficient (Wildman–Crippen LogP) is 3.84. The molecule has 1 aromatic heterocycles. The smallest absolute Gasteiger partial charge is 0.290 e. The third-order valence-electron chi connectivity index (χ3n) is 7.00. The number of nitrogens with zero attached hydrogens (tertiary/aromatic N) is 2. The number of rotatable bonds is 5. The summed E-state index contributed by atoms with van der Waals surface area (Å²) in [6.45, 7) is 2.49. The molecule has 0 spiro atoms. The fraction of sp³-hybridized carbons (Fsp3) is 0.423. The highest BCUT2D eigenvalue weighted by atomic mass is 16.5. The molecule has 172 valence electrons. The van der Waals surface area contributed by atoms with Crippen LogP contribution in [0.3, 0.4) is 0 Å². The normalized spacial score (nSPS) is 26.6. The van der Waals surface area contributed by atoms with Crippen molar-refractivity contribution >= 4 is 11.7 Å². The third kappa shape index (κ3) is 3.65. The van der Waals surface area contributed by atoms with Gasteiger partial charge >= 0.3 is 0 Å². The van der Waals surface area contributed by atoms with Crippen LogP contribution in [-0.4, -0.2) is 41.9 Å². The minimum Gasteiger partial charge on any atom is -0.493 e. The van der Waals surface area contributed by atoms with E-state index < -0.39 is 6.04 Å². The lowest BCUT2D eigenvalue weighted by molar-refractivity contribution is -0.136. The van der Waals surface area contributed by atoms with E-state index in [0.717, 1.165) is 30.4 Å².